The zero-order chi connectivity index (χ0) is 17.7. The smallest absolute Gasteiger partial charge is 0.255 e. The summed E-state index contributed by atoms with van der Waals surface area (Å²) < 4.78 is 1.50. The molecule has 2 unspecified atom stereocenters. The summed E-state index contributed by atoms with van der Waals surface area (Å²) in [6.07, 6.45) is 4.75. The third-order valence-corrected chi connectivity index (χ3v) is 5.79. The van der Waals surface area contributed by atoms with Gasteiger partial charge in [-0.1, -0.05) is 11.8 Å². The van der Waals surface area contributed by atoms with Gasteiger partial charge in [0, 0.05) is 37.5 Å². The maximum Gasteiger partial charge on any atom is 0.255 e. The first-order chi connectivity index (χ1) is 12.0. The van der Waals surface area contributed by atoms with Crippen molar-refractivity contribution >= 4 is 23.4 Å². The topological polar surface area (TPSA) is 67.2 Å². The summed E-state index contributed by atoms with van der Waals surface area (Å²) >= 11 is 1.58. The second-order valence-electron chi connectivity index (χ2n) is 6.80. The van der Waals surface area contributed by atoms with E-state index in [0.29, 0.717) is 12.1 Å². The van der Waals surface area contributed by atoms with E-state index in [2.05, 4.69) is 26.7 Å². The molecule has 0 amide bonds. The summed E-state index contributed by atoms with van der Waals surface area (Å²) in [5.74, 6) is 1.84. The molecule has 0 saturated carbocycles. The molecule has 25 heavy (non-hydrogen) atoms. The minimum atomic E-state index is -0.0151. The number of hydrogen-bond acceptors (Lipinski definition) is 7. The molecule has 5 heterocycles. The highest BCUT2D eigenvalue weighted by atomic mass is 32.2. The van der Waals surface area contributed by atoms with Gasteiger partial charge >= 0.3 is 0 Å². The summed E-state index contributed by atoms with van der Waals surface area (Å²) in [5, 5.41) is 0.822. The van der Waals surface area contributed by atoms with Crippen LogP contribution in [0, 0.1) is 13.8 Å². The molecule has 8 heteroatoms. The Labute approximate surface area is 151 Å². The zero-order valence-corrected chi connectivity index (χ0v) is 15.7. The van der Waals surface area contributed by atoms with Gasteiger partial charge in [0.05, 0.1) is 18.4 Å². The first kappa shape index (κ1) is 16.4. The number of anilines is 2. The summed E-state index contributed by atoms with van der Waals surface area (Å²) in [7, 11) is 1.72. The van der Waals surface area contributed by atoms with Crippen LogP contribution in [0.4, 0.5) is 11.6 Å². The van der Waals surface area contributed by atoms with Crippen molar-refractivity contribution < 1.29 is 0 Å². The summed E-state index contributed by atoms with van der Waals surface area (Å²) in [5.41, 5.74) is 2.18. The molecule has 2 aromatic rings. The molecule has 0 N–H and O–H groups in total. The first-order valence-corrected chi connectivity index (χ1v) is 9.65. The van der Waals surface area contributed by atoms with Crippen LogP contribution in [0.3, 0.4) is 0 Å². The van der Waals surface area contributed by atoms with Crippen LogP contribution in [0.15, 0.2) is 22.3 Å². The van der Waals surface area contributed by atoms with Crippen molar-refractivity contribution in [3.8, 4) is 0 Å². The predicted molar refractivity (Wildman–Crippen MR) is 99.7 cm³/mol. The van der Waals surface area contributed by atoms with Crippen LogP contribution in [0.25, 0.3) is 0 Å². The third-order valence-electron chi connectivity index (χ3n) is 5.25. The Kier molecular flexibility index (Phi) is 3.94. The summed E-state index contributed by atoms with van der Waals surface area (Å²) in [6.45, 7) is 5.94. The first-order valence-electron chi connectivity index (χ1n) is 8.43. The van der Waals surface area contributed by atoms with Gasteiger partial charge in [-0.15, -0.1) is 0 Å². The molecule has 3 saturated heterocycles. The van der Waals surface area contributed by atoms with Crippen molar-refractivity contribution in [3.05, 3.63) is 34.0 Å². The molecule has 0 radical (unpaired) electrons. The summed E-state index contributed by atoms with van der Waals surface area (Å²) in [6, 6.07) is 2.40. The lowest BCUT2D eigenvalue weighted by atomic mass is 9.87. The molecular formula is C17H22N6OS. The Morgan fingerprint density at radius 1 is 1.20 bits per heavy atom. The highest BCUT2D eigenvalue weighted by molar-refractivity contribution is 7.98. The molecule has 7 nitrogen and oxygen atoms in total. The van der Waals surface area contributed by atoms with E-state index in [0.717, 1.165) is 47.6 Å². The highest BCUT2D eigenvalue weighted by Gasteiger charge is 2.46. The van der Waals surface area contributed by atoms with Crippen LogP contribution in [0.5, 0.6) is 0 Å². The molecule has 2 atom stereocenters. The van der Waals surface area contributed by atoms with Crippen LogP contribution < -0.4 is 15.4 Å². The second kappa shape index (κ2) is 6.01. The van der Waals surface area contributed by atoms with E-state index in [1.807, 2.05) is 13.2 Å². The van der Waals surface area contributed by atoms with E-state index >= 15 is 0 Å². The molecule has 132 valence electrons. The molecule has 0 spiro atoms. The van der Waals surface area contributed by atoms with E-state index in [1.165, 1.54) is 4.57 Å². The van der Waals surface area contributed by atoms with E-state index in [-0.39, 0.29) is 5.56 Å². The van der Waals surface area contributed by atoms with Crippen molar-refractivity contribution in [2.45, 2.75) is 37.5 Å². The van der Waals surface area contributed by atoms with E-state index in [1.54, 1.807) is 31.2 Å². The predicted octanol–water partition coefficient (Wildman–Crippen LogP) is 1.38. The zero-order valence-electron chi connectivity index (χ0n) is 14.9. The maximum atomic E-state index is 11.9. The van der Waals surface area contributed by atoms with E-state index in [9.17, 15) is 4.79 Å². The molecule has 3 fully saturated rings. The second-order valence-corrected chi connectivity index (χ2v) is 7.57. The number of piperidine rings is 1. The number of nitrogens with zero attached hydrogens (tertiary/aromatic N) is 6. The van der Waals surface area contributed by atoms with Crippen LogP contribution in [0.2, 0.25) is 0 Å². The number of thioether (sulfide) groups is 1. The van der Waals surface area contributed by atoms with Gasteiger partial charge in [-0.25, -0.2) is 15.0 Å². The van der Waals surface area contributed by atoms with Crippen LogP contribution in [0.1, 0.15) is 17.7 Å². The average molecular weight is 358 g/mol. The van der Waals surface area contributed by atoms with Gasteiger partial charge in [0.2, 0.25) is 0 Å². The van der Waals surface area contributed by atoms with Crippen molar-refractivity contribution in [3.63, 3.8) is 0 Å². The number of rotatable bonds is 3. The Morgan fingerprint density at radius 3 is 2.56 bits per heavy atom. The molecule has 0 aliphatic carbocycles. The molecule has 2 aromatic heterocycles. The Balaban J connectivity index is 1.59. The van der Waals surface area contributed by atoms with Gasteiger partial charge in [0.25, 0.3) is 5.56 Å². The number of hydrogen-bond donors (Lipinski definition) is 0. The summed E-state index contributed by atoms with van der Waals surface area (Å²) in [4.78, 5) is 30.3. The van der Waals surface area contributed by atoms with Crippen molar-refractivity contribution in [1.82, 2.24) is 19.5 Å². The van der Waals surface area contributed by atoms with Gasteiger partial charge in [-0.3, -0.25) is 4.79 Å². The van der Waals surface area contributed by atoms with E-state index in [4.69, 9.17) is 4.98 Å². The highest BCUT2D eigenvalue weighted by Crippen LogP contribution is 2.38. The Morgan fingerprint density at radius 2 is 1.92 bits per heavy atom. The average Bonchev–Trinajstić information content (AvgIpc) is 2.60. The molecule has 0 aromatic carbocycles. The Bertz CT molecular complexity index is 870. The maximum absolute atomic E-state index is 11.9. The van der Waals surface area contributed by atoms with Gasteiger partial charge in [0.15, 0.2) is 5.16 Å². The lowest BCUT2D eigenvalue weighted by Crippen LogP contribution is -2.69. The fourth-order valence-electron chi connectivity index (χ4n) is 3.74. The minimum Gasteiger partial charge on any atom is -0.352 e. The van der Waals surface area contributed by atoms with Crippen LogP contribution in [-0.4, -0.2) is 50.9 Å². The van der Waals surface area contributed by atoms with Crippen molar-refractivity contribution in [2.75, 3.05) is 29.1 Å². The molecule has 3 aliphatic heterocycles. The number of piperazine rings is 1. The van der Waals surface area contributed by atoms with E-state index < -0.39 is 0 Å². The molecular weight excluding hydrogens is 336 g/mol. The number of fused-ring (bicyclic) bond motifs is 2. The lowest BCUT2D eigenvalue weighted by molar-refractivity contribution is 0.287. The van der Waals surface area contributed by atoms with Crippen LogP contribution in [-0.2, 0) is 7.05 Å². The van der Waals surface area contributed by atoms with Gasteiger partial charge in [0.1, 0.15) is 11.6 Å². The third kappa shape index (κ3) is 2.68. The SMILES string of the molecule is CSc1nc(C)c(C)c(N2CC3CC(C2)N3c2cc(=O)n(C)cn2)n1. The normalized spacial score (nSPS) is 22.1. The molecule has 3 aliphatic rings. The van der Waals surface area contributed by atoms with Gasteiger partial charge in [-0.05, 0) is 26.5 Å². The molecule has 5 rings (SSSR count). The standard InChI is InChI=1S/C17H22N6OS/c1-10-11(2)19-17(25-4)20-16(10)22-7-12-5-13(8-22)23(12)14-6-15(24)21(3)9-18-14/h6,9,12-13H,5,7-8H2,1-4H3. The minimum absolute atomic E-state index is 0.0151. The Hall–Kier alpha value is -2.09. The largest absolute Gasteiger partial charge is 0.352 e. The quantitative estimate of drug-likeness (QED) is 0.606. The van der Waals surface area contributed by atoms with Crippen molar-refractivity contribution in [1.29, 1.82) is 0 Å². The monoisotopic (exact) mass is 358 g/mol. The fraction of sp³-hybridized carbons (Fsp3) is 0.529. The van der Waals surface area contributed by atoms with Gasteiger partial charge in [-0.2, -0.15) is 0 Å². The number of aromatic nitrogens is 4. The fourth-order valence-corrected chi connectivity index (χ4v) is 4.14. The van der Waals surface area contributed by atoms with Crippen LogP contribution >= 0.6 is 11.8 Å². The van der Waals surface area contributed by atoms with Crippen molar-refractivity contribution in [2.24, 2.45) is 7.05 Å². The molecule has 2 bridgehead atoms. The van der Waals surface area contributed by atoms with Gasteiger partial charge < -0.3 is 14.4 Å². The lowest BCUT2D eigenvalue weighted by Gasteiger charge is -2.57. The number of aryl methyl sites for hydroxylation is 2.